The molecule has 0 aliphatic rings. The zero-order chi connectivity index (χ0) is 14.9. The lowest BCUT2D eigenvalue weighted by Crippen LogP contribution is -2.34. The Labute approximate surface area is 114 Å². The maximum Gasteiger partial charge on any atom is 0.331 e. The summed E-state index contributed by atoms with van der Waals surface area (Å²) in [4.78, 5) is 29.9. The van der Waals surface area contributed by atoms with Crippen LogP contribution in [0.2, 0.25) is 0 Å². The van der Waals surface area contributed by atoms with Crippen LogP contribution >= 0.6 is 0 Å². The number of aromatic amines is 1. The molecule has 20 heavy (non-hydrogen) atoms. The molecule has 0 aliphatic carbocycles. The molecule has 0 amide bonds. The van der Waals surface area contributed by atoms with Crippen molar-refractivity contribution in [2.75, 3.05) is 0 Å². The highest BCUT2D eigenvalue weighted by molar-refractivity contribution is 5.24. The normalized spacial score (nSPS) is 12.6. The molecule has 2 aromatic rings. The third kappa shape index (κ3) is 2.38. The topological polar surface area (TPSA) is 101 Å². The molecule has 0 radical (unpaired) electrons. The van der Waals surface area contributed by atoms with E-state index in [0.717, 1.165) is 4.57 Å². The quantitative estimate of drug-likeness (QED) is 0.872. The SMILES string of the molecule is CCCc1c(O)n(C(C)c2ncc(C)o2)c(=O)[nH]c1=O. The van der Waals surface area contributed by atoms with Gasteiger partial charge < -0.3 is 9.52 Å². The van der Waals surface area contributed by atoms with E-state index in [1.807, 2.05) is 6.92 Å². The Morgan fingerprint density at radius 1 is 1.50 bits per heavy atom. The summed E-state index contributed by atoms with van der Waals surface area (Å²) in [5, 5.41) is 10.2. The van der Waals surface area contributed by atoms with Crippen molar-refractivity contribution < 1.29 is 9.52 Å². The second-order valence-corrected chi connectivity index (χ2v) is 4.67. The molecular formula is C13H17N3O4. The largest absolute Gasteiger partial charge is 0.494 e. The van der Waals surface area contributed by atoms with Crippen LogP contribution in [0.15, 0.2) is 20.2 Å². The van der Waals surface area contributed by atoms with Crippen molar-refractivity contribution in [1.82, 2.24) is 14.5 Å². The Bertz CT molecular complexity index is 726. The molecule has 2 N–H and O–H groups in total. The molecule has 0 aliphatic heterocycles. The van der Waals surface area contributed by atoms with Gasteiger partial charge in [-0.15, -0.1) is 0 Å². The van der Waals surface area contributed by atoms with Crippen LogP contribution in [0.1, 0.15) is 43.5 Å². The molecule has 0 aromatic carbocycles. The van der Waals surface area contributed by atoms with Crippen LogP contribution in [0.5, 0.6) is 5.88 Å². The number of oxazole rings is 1. The van der Waals surface area contributed by atoms with E-state index in [2.05, 4.69) is 9.97 Å². The van der Waals surface area contributed by atoms with E-state index in [0.29, 0.717) is 24.5 Å². The summed E-state index contributed by atoms with van der Waals surface area (Å²) in [6.07, 6.45) is 2.60. The second-order valence-electron chi connectivity index (χ2n) is 4.67. The summed E-state index contributed by atoms with van der Waals surface area (Å²) in [7, 11) is 0. The van der Waals surface area contributed by atoms with Crippen molar-refractivity contribution in [2.24, 2.45) is 0 Å². The predicted octanol–water partition coefficient (Wildman–Crippen LogP) is 1.10. The van der Waals surface area contributed by atoms with E-state index in [1.54, 1.807) is 13.8 Å². The number of nitrogens with zero attached hydrogens (tertiary/aromatic N) is 2. The van der Waals surface area contributed by atoms with Crippen molar-refractivity contribution in [1.29, 1.82) is 0 Å². The first-order valence-corrected chi connectivity index (χ1v) is 6.44. The number of H-pyrrole nitrogens is 1. The van der Waals surface area contributed by atoms with E-state index < -0.39 is 17.3 Å². The number of aromatic nitrogens is 3. The van der Waals surface area contributed by atoms with Gasteiger partial charge in [-0.3, -0.25) is 14.3 Å². The van der Waals surface area contributed by atoms with Gasteiger partial charge in [-0.05, 0) is 20.3 Å². The zero-order valence-corrected chi connectivity index (χ0v) is 11.6. The number of hydrogen-bond acceptors (Lipinski definition) is 5. The van der Waals surface area contributed by atoms with Crippen LogP contribution in [-0.4, -0.2) is 19.6 Å². The number of nitrogens with one attached hydrogen (secondary N) is 1. The summed E-state index contributed by atoms with van der Waals surface area (Å²) >= 11 is 0. The summed E-state index contributed by atoms with van der Waals surface area (Å²) in [5.41, 5.74) is -1.04. The van der Waals surface area contributed by atoms with Gasteiger partial charge in [-0.25, -0.2) is 9.78 Å². The molecule has 0 saturated carbocycles. The predicted molar refractivity (Wildman–Crippen MR) is 72.0 cm³/mol. The van der Waals surface area contributed by atoms with Crippen LogP contribution in [0.25, 0.3) is 0 Å². The van der Waals surface area contributed by atoms with E-state index in [4.69, 9.17) is 4.42 Å². The Morgan fingerprint density at radius 3 is 2.75 bits per heavy atom. The Balaban J connectivity index is 2.59. The van der Waals surface area contributed by atoms with Crippen molar-refractivity contribution in [3.05, 3.63) is 44.2 Å². The van der Waals surface area contributed by atoms with Crippen molar-refractivity contribution in [2.45, 2.75) is 39.7 Å². The third-order valence-corrected chi connectivity index (χ3v) is 3.10. The van der Waals surface area contributed by atoms with Gasteiger partial charge in [0.05, 0.1) is 11.8 Å². The minimum Gasteiger partial charge on any atom is -0.494 e. The first kappa shape index (κ1) is 14.1. The fourth-order valence-electron chi connectivity index (χ4n) is 2.09. The molecule has 0 fully saturated rings. The average molecular weight is 279 g/mol. The van der Waals surface area contributed by atoms with Gasteiger partial charge in [-0.1, -0.05) is 13.3 Å². The molecule has 7 nitrogen and oxygen atoms in total. The van der Waals surface area contributed by atoms with Gasteiger partial charge in [0.25, 0.3) is 5.56 Å². The molecule has 2 rings (SSSR count). The maximum absolute atomic E-state index is 11.9. The smallest absolute Gasteiger partial charge is 0.331 e. The molecule has 7 heteroatoms. The number of aryl methyl sites for hydroxylation is 1. The Morgan fingerprint density at radius 2 is 2.20 bits per heavy atom. The van der Waals surface area contributed by atoms with Crippen molar-refractivity contribution in [3.63, 3.8) is 0 Å². The zero-order valence-electron chi connectivity index (χ0n) is 11.6. The van der Waals surface area contributed by atoms with Gasteiger partial charge >= 0.3 is 5.69 Å². The van der Waals surface area contributed by atoms with E-state index in [9.17, 15) is 14.7 Å². The first-order chi connectivity index (χ1) is 9.45. The molecule has 2 heterocycles. The second kappa shape index (κ2) is 5.36. The molecule has 1 atom stereocenters. The Hall–Kier alpha value is -2.31. The summed E-state index contributed by atoms with van der Waals surface area (Å²) in [6, 6.07) is -0.608. The minimum atomic E-state index is -0.685. The number of hydrogen-bond donors (Lipinski definition) is 2. The number of rotatable bonds is 4. The van der Waals surface area contributed by atoms with Crippen LogP contribution in [0.3, 0.4) is 0 Å². The minimum absolute atomic E-state index is 0.197. The standard InChI is InChI=1S/C13H17N3O4/c1-4-5-9-10(17)15-13(19)16(12(9)18)8(3)11-14-6-7(2)20-11/h6,8,18H,4-5H2,1-3H3,(H,15,17,19). The highest BCUT2D eigenvalue weighted by atomic mass is 16.4. The van der Waals surface area contributed by atoms with Gasteiger partial charge in [0.15, 0.2) is 0 Å². The van der Waals surface area contributed by atoms with Crippen LogP contribution in [0, 0.1) is 6.92 Å². The average Bonchev–Trinajstić information content (AvgIpc) is 2.81. The van der Waals surface area contributed by atoms with Gasteiger partial charge in [0, 0.05) is 0 Å². The lowest BCUT2D eigenvalue weighted by atomic mass is 10.2. The molecule has 108 valence electrons. The molecule has 0 bridgehead atoms. The summed E-state index contributed by atoms with van der Waals surface area (Å²) in [5.74, 6) is 0.580. The van der Waals surface area contributed by atoms with Crippen LogP contribution in [0.4, 0.5) is 0 Å². The highest BCUT2D eigenvalue weighted by Gasteiger charge is 2.21. The van der Waals surface area contributed by atoms with Gasteiger partial charge in [0.2, 0.25) is 11.8 Å². The van der Waals surface area contributed by atoms with E-state index >= 15 is 0 Å². The summed E-state index contributed by atoms with van der Waals surface area (Å²) in [6.45, 7) is 5.29. The molecule has 0 saturated heterocycles. The van der Waals surface area contributed by atoms with E-state index in [1.165, 1.54) is 6.20 Å². The number of aromatic hydroxyl groups is 1. The lowest BCUT2D eigenvalue weighted by molar-refractivity contribution is 0.346. The molecule has 2 aromatic heterocycles. The van der Waals surface area contributed by atoms with Gasteiger partial charge in [0.1, 0.15) is 11.8 Å². The van der Waals surface area contributed by atoms with Crippen LogP contribution < -0.4 is 11.2 Å². The van der Waals surface area contributed by atoms with E-state index in [-0.39, 0.29) is 11.4 Å². The maximum atomic E-state index is 11.9. The van der Waals surface area contributed by atoms with Crippen molar-refractivity contribution in [3.8, 4) is 5.88 Å². The first-order valence-electron chi connectivity index (χ1n) is 6.44. The van der Waals surface area contributed by atoms with Crippen LogP contribution in [-0.2, 0) is 6.42 Å². The Kier molecular flexibility index (Phi) is 3.78. The third-order valence-electron chi connectivity index (χ3n) is 3.10. The highest BCUT2D eigenvalue weighted by Crippen LogP contribution is 2.22. The monoisotopic (exact) mass is 279 g/mol. The summed E-state index contributed by atoms with van der Waals surface area (Å²) < 4.78 is 6.45. The fourth-order valence-corrected chi connectivity index (χ4v) is 2.09. The fraction of sp³-hybridized carbons (Fsp3) is 0.462. The molecular weight excluding hydrogens is 262 g/mol. The molecule has 0 spiro atoms. The lowest BCUT2D eigenvalue weighted by Gasteiger charge is -2.15. The van der Waals surface area contributed by atoms with Crippen molar-refractivity contribution >= 4 is 0 Å². The molecule has 1 unspecified atom stereocenters. The van der Waals surface area contributed by atoms with Gasteiger partial charge in [-0.2, -0.15) is 0 Å².